The number of rotatable bonds is 11. The molecule has 0 bridgehead atoms. The van der Waals surface area contributed by atoms with E-state index in [1.807, 2.05) is 24.0 Å². The molecular weight excluding hydrogens is 246 g/mol. The summed E-state index contributed by atoms with van der Waals surface area (Å²) in [4.78, 5) is 0. The molecule has 18 heavy (non-hydrogen) atoms. The van der Waals surface area contributed by atoms with Gasteiger partial charge in [-0.1, -0.05) is 12.8 Å². The Labute approximate surface area is 114 Å². The van der Waals surface area contributed by atoms with Crippen molar-refractivity contribution >= 4 is 11.8 Å². The average Bonchev–Trinajstić information content (AvgIpc) is 2.85. The van der Waals surface area contributed by atoms with Gasteiger partial charge in [0.05, 0.1) is 12.6 Å². The van der Waals surface area contributed by atoms with Gasteiger partial charge in [0.15, 0.2) is 0 Å². The number of nitrogens with zero attached hydrogens (tertiary/aromatic N) is 2. The van der Waals surface area contributed by atoms with Gasteiger partial charge in [-0.3, -0.25) is 4.68 Å². The fraction of sp³-hybridized carbons (Fsp3) is 0.769. The molecule has 0 radical (unpaired) electrons. The second kappa shape index (κ2) is 10.4. The van der Waals surface area contributed by atoms with Crippen molar-refractivity contribution in [1.82, 2.24) is 15.1 Å². The number of thioether (sulfide) groups is 1. The number of hydrogen-bond donors (Lipinski definition) is 2. The van der Waals surface area contributed by atoms with Crippen LogP contribution in [0.4, 0.5) is 0 Å². The van der Waals surface area contributed by atoms with Crippen LogP contribution < -0.4 is 5.32 Å². The minimum Gasteiger partial charge on any atom is -0.390 e. The lowest BCUT2D eigenvalue weighted by molar-refractivity contribution is 0.147. The predicted molar refractivity (Wildman–Crippen MR) is 78.0 cm³/mol. The number of aromatic nitrogens is 2. The second-order valence-electron chi connectivity index (χ2n) is 4.49. The molecule has 0 saturated heterocycles. The topological polar surface area (TPSA) is 50.1 Å². The highest BCUT2D eigenvalue weighted by Gasteiger charge is 2.04. The summed E-state index contributed by atoms with van der Waals surface area (Å²) in [5.41, 5.74) is 0. The van der Waals surface area contributed by atoms with Gasteiger partial charge < -0.3 is 10.4 Å². The van der Waals surface area contributed by atoms with Crippen molar-refractivity contribution in [3.8, 4) is 0 Å². The van der Waals surface area contributed by atoms with E-state index in [9.17, 15) is 5.11 Å². The Hall–Kier alpha value is -0.520. The summed E-state index contributed by atoms with van der Waals surface area (Å²) < 4.78 is 1.76. The highest BCUT2D eigenvalue weighted by atomic mass is 32.2. The summed E-state index contributed by atoms with van der Waals surface area (Å²) in [7, 11) is 0. The molecule has 0 amide bonds. The van der Waals surface area contributed by atoms with Crippen molar-refractivity contribution in [3.63, 3.8) is 0 Å². The Bertz CT molecular complexity index is 280. The van der Waals surface area contributed by atoms with E-state index in [0.717, 1.165) is 6.54 Å². The first-order chi connectivity index (χ1) is 8.83. The van der Waals surface area contributed by atoms with E-state index in [4.69, 9.17) is 0 Å². The molecule has 1 heterocycles. The largest absolute Gasteiger partial charge is 0.390 e. The lowest BCUT2D eigenvalue weighted by Gasteiger charge is -2.11. The van der Waals surface area contributed by atoms with Crippen LogP contribution in [0, 0.1) is 0 Å². The number of aliphatic hydroxyl groups excluding tert-OH is 1. The van der Waals surface area contributed by atoms with Crippen molar-refractivity contribution in [2.24, 2.45) is 0 Å². The molecule has 0 fully saturated rings. The Kier molecular flexibility index (Phi) is 8.98. The molecule has 5 heteroatoms. The number of aliphatic hydroxyl groups is 1. The van der Waals surface area contributed by atoms with Gasteiger partial charge in [0.1, 0.15) is 0 Å². The lowest BCUT2D eigenvalue weighted by atomic mass is 10.2. The molecule has 0 saturated carbocycles. The molecule has 0 spiro atoms. The molecular formula is C13H25N3OS. The van der Waals surface area contributed by atoms with E-state index in [1.54, 1.807) is 10.9 Å². The number of nitrogens with one attached hydrogen (secondary N) is 1. The predicted octanol–water partition coefficient (Wildman–Crippen LogP) is 1.76. The minimum absolute atomic E-state index is 0.360. The van der Waals surface area contributed by atoms with E-state index in [2.05, 4.69) is 16.7 Å². The summed E-state index contributed by atoms with van der Waals surface area (Å²) in [5.74, 6) is 1.27. The first-order valence-electron chi connectivity index (χ1n) is 6.68. The summed E-state index contributed by atoms with van der Waals surface area (Å²) in [6.45, 7) is 2.20. The highest BCUT2D eigenvalue weighted by molar-refractivity contribution is 7.98. The van der Waals surface area contributed by atoms with Gasteiger partial charge in [0.25, 0.3) is 0 Å². The van der Waals surface area contributed by atoms with E-state index in [0.29, 0.717) is 13.1 Å². The summed E-state index contributed by atoms with van der Waals surface area (Å²) in [5, 5.41) is 17.1. The second-order valence-corrected chi connectivity index (χ2v) is 5.48. The van der Waals surface area contributed by atoms with Crippen LogP contribution in [0.2, 0.25) is 0 Å². The Morgan fingerprint density at radius 3 is 2.89 bits per heavy atom. The molecule has 0 aliphatic heterocycles. The van der Waals surface area contributed by atoms with Crippen LogP contribution in [0.5, 0.6) is 0 Å². The lowest BCUT2D eigenvalue weighted by Crippen LogP contribution is -2.31. The van der Waals surface area contributed by atoms with Crippen molar-refractivity contribution in [1.29, 1.82) is 0 Å². The normalized spacial score (nSPS) is 12.8. The van der Waals surface area contributed by atoms with Crippen LogP contribution in [0.25, 0.3) is 0 Å². The Morgan fingerprint density at radius 2 is 2.17 bits per heavy atom. The van der Waals surface area contributed by atoms with E-state index >= 15 is 0 Å². The molecule has 1 aromatic rings. The third kappa shape index (κ3) is 7.74. The van der Waals surface area contributed by atoms with Gasteiger partial charge in [-0.05, 0) is 37.5 Å². The van der Waals surface area contributed by atoms with Crippen LogP contribution >= 0.6 is 11.8 Å². The molecule has 4 nitrogen and oxygen atoms in total. The van der Waals surface area contributed by atoms with Crippen molar-refractivity contribution in [2.75, 3.05) is 25.1 Å². The highest BCUT2D eigenvalue weighted by Crippen LogP contribution is 2.03. The van der Waals surface area contributed by atoms with Crippen LogP contribution in [-0.4, -0.2) is 46.1 Å². The molecule has 104 valence electrons. The maximum absolute atomic E-state index is 9.77. The van der Waals surface area contributed by atoms with Gasteiger partial charge in [-0.25, -0.2) is 0 Å². The van der Waals surface area contributed by atoms with E-state index < -0.39 is 0 Å². The van der Waals surface area contributed by atoms with Crippen LogP contribution in [0.3, 0.4) is 0 Å². The maximum Gasteiger partial charge on any atom is 0.0860 e. The number of unbranched alkanes of at least 4 members (excludes halogenated alkanes) is 3. The van der Waals surface area contributed by atoms with Crippen molar-refractivity contribution in [2.45, 2.75) is 38.3 Å². The van der Waals surface area contributed by atoms with Crippen LogP contribution in [-0.2, 0) is 6.54 Å². The summed E-state index contributed by atoms with van der Waals surface area (Å²) in [6.07, 6.45) is 10.5. The monoisotopic (exact) mass is 271 g/mol. The van der Waals surface area contributed by atoms with Crippen molar-refractivity contribution < 1.29 is 5.11 Å². The third-order valence-electron chi connectivity index (χ3n) is 2.79. The fourth-order valence-electron chi connectivity index (χ4n) is 1.81. The zero-order valence-corrected chi connectivity index (χ0v) is 12.0. The zero-order valence-electron chi connectivity index (χ0n) is 11.2. The van der Waals surface area contributed by atoms with Gasteiger partial charge in [-0.15, -0.1) is 0 Å². The van der Waals surface area contributed by atoms with Gasteiger partial charge in [0.2, 0.25) is 0 Å². The SMILES string of the molecule is CSCCCCCCNCC(O)Cn1cccn1. The first-order valence-corrected chi connectivity index (χ1v) is 8.07. The smallest absolute Gasteiger partial charge is 0.0860 e. The summed E-state index contributed by atoms with van der Waals surface area (Å²) in [6, 6.07) is 1.87. The summed E-state index contributed by atoms with van der Waals surface area (Å²) >= 11 is 1.92. The maximum atomic E-state index is 9.77. The van der Waals surface area contributed by atoms with Crippen LogP contribution in [0.1, 0.15) is 25.7 Å². The minimum atomic E-state index is -0.360. The third-order valence-corrected chi connectivity index (χ3v) is 3.49. The van der Waals surface area contributed by atoms with Crippen molar-refractivity contribution in [3.05, 3.63) is 18.5 Å². The molecule has 1 atom stereocenters. The quantitative estimate of drug-likeness (QED) is 0.602. The van der Waals surface area contributed by atoms with Gasteiger partial charge >= 0.3 is 0 Å². The standard InChI is InChI=1S/C13H25N3OS/c1-18-10-5-3-2-4-7-14-11-13(17)12-16-9-6-8-15-16/h6,8-9,13-14,17H,2-5,7,10-12H2,1H3. The molecule has 0 aliphatic rings. The fourth-order valence-corrected chi connectivity index (χ4v) is 2.30. The van der Waals surface area contributed by atoms with Crippen LogP contribution in [0.15, 0.2) is 18.5 Å². The Morgan fingerprint density at radius 1 is 1.33 bits per heavy atom. The molecule has 1 rings (SSSR count). The first kappa shape index (κ1) is 15.5. The number of hydrogen-bond acceptors (Lipinski definition) is 4. The van der Waals surface area contributed by atoms with Gasteiger partial charge in [0, 0.05) is 18.9 Å². The van der Waals surface area contributed by atoms with E-state index in [-0.39, 0.29) is 6.10 Å². The zero-order chi connectivity index (χ0) is 13.1. The molecule has 2 N–H and O–H groups in total. The molecule has 0 aromatic carbocycles. The molecule has 1 aromatic heterocycles. The molecule has 0 aliphatic carbocycles. The van der Waals surface area contributed by atoms with Gasteiger partial charge in [-0.2, -0.15) is 16.9 Å². The Balaban J connectivity index is 1.88. The molecule has 1 unspecified atom stereocenters. The average molecular weight is 271 g/mol. The van der Waals surface area contributed by atoms with E-state index in [1.165, 1.54) is 31.4 Å².